The standard InChI is InChI=1S/C21H25N5/c1-17-4-2-3-5-21(17)26-20(10-11-24-26)16-23-18-6-8-19(9-7-18)25-14-12-22-13-15-25/h2-11,22-23H,12-16H2,1H3. The van der Waals surface area contributed by atoms with Crippen molar-refractivity contribution < 1.29 is 0 Å². The monoisotopic (exact) mass is 347 g/mol. The molecule has 1 saturated heterocycles. The number of rotatable bonds is 5. The summed E-state index contributed by atoms with van der Waals surface area (Å²) in [5.41, 5.74) is 5.91. The molecule has 3 aromatic rings. The van der Waals surface area contributed by atoms with Crippen molar-refractivity contribution in [3.05, 3.63) is 72.1 Å². The Balaban J connectivity index is 1.43. The van der Waals surface area contributed by atoms with E-state index in [4.69, 9.17) is 0 Å². The van der Waals surface area contributed by atoms with Crippen LogP contribution in [0.1, 0.15) is 11.3 Å². The van der Waals surface area contributed by atoms with Crippen molar-refractivity contribution >= 4 is 11.4 Å². The van der Waals surface area contributed by atoms with Crippen LogP contribution in [0.2, 0.25) is 0 Å². The van der Waals surface area contributed by atoms with Gasteiger partial charge in [0.05, 0.1) is 17.9 Å². The number of aromatic nitrogens is 2. The smallest absolute Gasteiger partial charge is 0.0678 e. The topological polar surface area (TPSA) is 45.1 Å². The third-order valence-corrected chi connectivity index (χ3v) is 4.89. The largest absolute Gasteiger partial charge is 0.379 e. The van der Waals surface area contributed by atoms with Crippen LogP contribution in [-0.4, -0.2) is 36.0 Å². The van der Waals surface area contributed by atoms with Gasteiger partial charge in [0.1, 0.15) is 0 Å². The quantitative estimate of drug-likeness (QED) is 0.744. The van der Waals surface area contributed by atoms with Crippen LogP contribution in [0.4, 0.5) is 11.4 Å². The van der Waals surface area contributed by atoms with Gasteiger partial charge in [-0.1, -0.05) is 18.2 Å². The van der Waals surface area contributed by atoms with Gasteiger partial charge in [-0.3, -0.25) is 0 Å². The van der Waals surface area contributed by atoms with Crippen molar-refractivity contribution in [2.45, 2.75) is 13.5 Å². The molecule has 0 radical (unpaired) electrons. The normalized spacial score (nSPS) is 14.4. The lowest BCUT2D eigenvalue weighted by atomic mass is 10.2. The Labute approximate surface area is 154 Å². The van der Waals surface area contributed by atoms with Crippen LogP contribution in [-0.2, 0) is 6.54 Å². The fourth-order valence-corrected chi connectivity index (χ4v) is 3.39. The van der Waals surface area contributed by atoms with E-state index in [9.17, 15) is 0 Å². The SMILES string of the molecule is Cc1ccccc1-n1nccc1CNc1ccc(N2CCNCC2)cc1. The van der Waals surface area contributed by atoms with E-state index in [-0.39, 0.29) is 0 Å². The van der Waals surface area contributed by atoms with Gasteiger partial charge in [-0.05, 0) is 48.9 Å². The third kappa shape index (κ3) is 3.58. The second-order valence-corrected chi connectivity index (χ2v) is 6.66. The minimum Gasteiger partial charge on any atom is -0.379 e. The van der Waals surface area contributed by atoms with Crippen molar-refractivity contribution in [2.24, 2.45) is 0 Å². The molecule has 1 aromatic heterocycles. The van der Waals surface area contributed by atoms with Crippen LogP contribution in [0.5, 0.6) is 0 Å². The van der Waals surface area contributed by atoms with Gasteiger partial charge in [-0.25, -0.2) is 4.68 Å². The molecule has 0 aliphatic carbocycles. The van der Waals surface area contributed by atoms with E-state index in [0.29, 0.717) is 0 Å². The molecule has 2 aromatic carbocycles. The molecule has 0 bridgehead atoms. The predicted octanol–water partition coefficient (Wildman–Crippen LogP) is 3.20. The summed E-state index contributed by atoms with van der Waals surface area (Å²) in [4.78, 5) is 2.42. The molecule has 0 spiro atoms. The van der Waals surface area contributed by atoms with Crippen LogP contribution in [0, 0.1) is 6.92 Å². The minimum atomic E-state index is 0.737. The number of para-hydroxylation sites is 1. The van der Waals surface area contributed by atoms with Crippen molar-refractivity contribution in [1.82, 2.24) is 15.1 Å². The zero-order chi connectivity index (χ0) is 17.8. The average Bonchev–Trinajstić information content (AvgIpc) is 3.16. The molecule has 2 N–H and O–H groups in total. The summed E-state index contributed by atoms with van der Waals surface area (Å²) in [6.45, 7) is 7.11. The first-order valence-electron chi connectivity index (χ1n) is 9.20. The second kappa shape index (κ2) is 7.62. The minimum absolute atomic E-state index is 0.737. The molecule has 5 nitrogen and oxygen atoms in total. The van der Waals surface area contributed by atoms with Crippen molar-refractivity contribution in [3.63, 3.8) is 0 Å². The zero-order valence-electron chi connectivity index (χ0n) is 15.2. The van der Waals surface area contributed by atoms with Gasteiger partial charge in [0.15, 0.2) is 0 Å². The molecule has 26 heavy (non-hydrogen) atoms. The predicted molar refractivity (Wildman–Crippen MR) is 107 cm³/mol. The van der Waals surface area contributed by atoms with Gasteiger partial charge < -0.3 is 15.5 Å². The van der Waals surface area contributed by atoms with Crippen LogP contribution in [0.15, 0.2) is 60.8 Å². The second-order valence-electron chi connectivity index (χ2n) is 6.66. The Bertz CT molecular complexity index is 847. The number of hydrogen-bond donors (Lipinski definition) is 2. The lowest BCUT2D eigenvalue weighted by Crippen LogP contribution is -2.43. The number of benzene rings is 2. The molecule has 0 saturated carbocycles. The molecule has 1 aliphatic heterocycles. The van der Waals surface area contributed by atoms with Gasteiger partial charge >= 0.3 is 0 Å². The lowest BCUT2D eigenvalue weighted by molar-refractivity contribution is 0.589. The maximum atomic E-state index is 4.50. The number of piperazine rings is 1. The number of hydrogen-bond acceptors (Lipinski definition) is 4. The molecule has 4 rings (SSSR count). The van der Waals surface area contributed by atoms with Gasteiger partial charge in [-0.15, -0.1) is 0 Å². The first-order valence-corrected chi connectivity index (χ1v) is 9.20. The summed E-state index contributed by atoms with van der Waals surface area (Å²) in [7, 11) is 0. The summed E-state index contributed by atoms with van der Waals surface area (Å²) in [5, 5.41) is 11.4. The Morgan fingerprint density at radius 3 is 2.54 bits per heavy atom. The highest BCUT2D eigenvalue weighted by atomic mass is 15.3. The molecule has 0 atom stereocenters. The van der Waals surface area contributed by atoms with Crippen molar-refractivity contribution in [2.75, 3.05) is 36.4 Å². The first-order chi connectivity index (χ1) is 12.8. The van der Waals surface area contributed by atoms with E-state index < -0.39 is 0 Å². The van der Waals surface area contributed by atoms with Crippen LogP contribution in [0.3, 0.4) is 0 Å². The summed E-state index contributed by atoms with van der Waals surface area (Å²) >= 11 is 0. The fraction of sp³-hybridized carbons (Fsp3) is 0.286. The Morgan fingerprint density at radius 2 is 1.77 bits per heavy atom. The zero-order valence-corrected chi connectivity index (χ0v) is 15.2. The summed E-state index contributed by atoms with van der Waals surface area (Å²) in [6.07, 6.45) is 1.86. The first kappa shape index (κ1) is 16.7. The van der Waals surface area contributed by atoms with Gasteiger partial charge in [-0.2, -0.15) is 5.10 Å². The van der Waals surface area contributed by atoms with E-state index in [0.717, 1.165) is 49.8 Å². The number of nitrogens with one attached hydrogen (secondary N) is 2. The van der Waals surface area contributed by atoms with E-state index in [2.05, 4.69) is 82.2 Å². The van der Waals surface area contributed by atoms with Crippen LogP contribution in [0.25, 0.3) is 5.69 Å². The summed E-state index contributed by atoms with van der Waals surface area (Å²) in [6, 6.07) is 19.1. The third-order valence-electron chi connectivity index (χ3n) is 4.89. The van der Waals surface area contributed by atoms with Crippen LogP contribution < -0.4 is 15.5 Å². The van der Waals surface area contributed by atoms with Crippen molar-refractivity contribution in [3.8, 4) is 5.69 Å². The maximum Gasteiger partial charge on any atom is 0.0678 e. The molecule has 134 valence electrons. The molecular formula is C21H25N5. The fourth-order valence-electron chi connectivity index (χ4n) is 3.39. The lowest BCUT2D eigenvalue weighted by Gasteiger charge is -2.29. The Kier molecular flexibility index (Phi) is 4.88. The van der Waals surface area contributed by atoms with Crippen molar-refractivity contribution in [1.29, 1.82) is 0 Å². The number of aryl methyl sites for hydroxylation is 1. The molecular weight excluding hydrogens is 322 g/mol. The van der Waals surface area contributed by atoms with E-state index >= 15 is 0 Å². The molecule has 1 fully saturated rings. The van der Waals surface area contributed by atoms with E-state index in [1.165, 1.54) is 11.3 Å². The highest BCUT2D eigenvalue weighted by molar-refractivity contribution is 5.55. The Morgan fingerprint density at radius 1 is 1.00 bits per heavy atom. The maximum absolute atomic E-state index is 4.50. The van der Waals surface area contributed by atoms with Gasteiger partial charge in [0.2, 0.25) is 0 Å². The Hall–Kier alpha value is -2.79. The van der Waals surface area contributed by atoms with Crippen LogP contribution >= 0.6 is 0 Å². The molecule has 0 unspecified atom stereocenters. The van der Waals surface area contributed by atoms with Gasteiger partial charge in [0.25, 0.3) is 0 Å². The van der Waals surface area contributed by atoms with E-state index in [1.54, 1.807) is 0 Å². The molecule has 5 heteroatoms. The molecule has 0 amide bonds. The van der Waals surface area contributed by atoms with Gasteiger partial charge in [0, 0.05) is 43.8 Å². The number of nitrogens with zero attached hydrogens (tertiary/aromatic N) is 3. The summed E-state index contributed by atoms with van der Waals surface area (Å²) < 4.78 is 2.01. The molecule has 1 aliphatic rings. The highest BCUT2D eigenvalue weighted by Gasteiger charge is 2.10. The highest BCUT2D eigenvalue weighted by Crippen LogP contribution is 2.20. The average molecular weight is 347 g/mol. The van der Waals surface area contributed by atoms with E-state index in [1.807, 2.05) is 10.9 Å². The number of anilines is 2. The summed E-state index contributed by atoms with van der Waals surface area (Å²) in [5.74, 6) is 0. The molecule has 2 heterocycles.